The zero-order chi connectivity index (χ0) is 16.2. The summed E-state index contributed by atoms with van der Waals surface area (Å²) in [5.41, 5.74) is 3.37. The Bertz CT molecular complexity index is 700. The number of fused-ring (bicyclic) bond motifs is 1. The van der Waals surface area contributed by atoms with Crippen LogP contribution in [-0.2, 0) is 17.6 Å². The molecule has 1 atom stereocenters. The summed E-state index contributed by atoms with van der Waals surface area (Å²) in [5, 5.41) is 8.69. The number of thiol groups is 1. The fraction of sp³-hybridized carbons (Fsp3) is 0.278. The summed E-state index contributed by atoms with van der Waals surface area (Å²) in [7, 11) is 0. The molecular formula is C18H18O4S. The van der Waals surface area contributed by atoms with Gasteiger partial charge >= 0.3 is 5.97 Å². The first-order valence-corrected chi connectivity index (χ1v) is 7.98. The number of ether oxygens (including phenoxy) is 2. The fourth-order valence-electron chi connectivity index (χ4n) is 2.72. The van der Waals surface area contributed by atoms with Gasteiger partial charge in [-0.15, -0.1) is 0 Å². The molecule has 5 heteroatoms. The highest BCUT2D eigenvalue weighted by molar-refractivity contribution is 7.81. The highest BCUT2D eigenvalue weighted by Gasteiger charge is 2.19. The molecule has 0 radical (unpaired) electrons. The Morgan fingerprint density at radius 1 is 1.13 bits per heavy atom. The monoisotopic (exact) mass is 330 g/mol. The van der Waals surface area contributed by atoms with Gasteiger partial charge in [0.2, 0.25) is 6.79 Å². The van der Waals surface area contributed by atoms with Crippen LogP contribution in [0.2, 0.25) is 0 Å². The SMILES string of the molecule is O=C(O)CC(S)Cc1cc2c(cc1Cc1ccccc1)OCO2. The van der Waals surface area contributed by atoms with E-state index in [1.165, 1.54) is 5.56 Å². The molecular weight excluding hydrogens is 312 g/mol. The molecule has 4 nitrogen and oxygen atoms in total. The molecule has 3 rings (SSSR count). The molecule has 0 fully saturated rings. The van der Waals surface area contributed by atoms with Gasteiger partial charge in [-0.3, -0.25) is 4.79 Å². The average Bonchev–Trinajstić information content (AvgIpc) is 2.95. The van der Waals surface area contributed by atoms with Crippen molar-refractivity contribution in [3.8, 4) is 11.5 Å². The van der Waals surface area contributed by atoms with Crippen LogP contribution in [0.15, 0.2) is 42.5 Å². The minimum atomic E-state index is -0.838. The van der Waals surface area contributed by atoms with Gasteiger partial charge < -0.3 is 14.6 Å². The molecule has 1 unspecified atom stereocenters. The molecule has 1 aliphatic heterocycles. The lowest BCUT2D eigenvalue weighted by Gasteiger charge is -2.14. The minimum Gasteiger partial charge on any atom is -0.481 e. The second-order valence-corrected chi connectivity index (χ2v) is 6.32. The standard InChI is InChI=1S/C18H18O4S/c19-18(20)10-15(23)7-14-9-17-16(21-11-22-17)8-13(14)6-12-4-2-1-3-5-12/h1-5,8-9,15,23H,6-7,10-11H2,(H,19,20). The maximum atomic E-state index is 10.9. The van der Waals surface area contributed by atoms with Crippen LogP contribution in [0, 0.1) is 0 Å². The van der Waals surface area contributed by atoms with E-state index in [2.05, 4.69) is 24.8 Å². The molecule has 0 bridgehead atoms. The second-order valence-electron chi connectivity index (χ2n) is 5.59. The van der Waals surface area contributed by atoms with Crippen LogP contribution in [0.3, 0.4) is 0 Å². The van der Waals surface area contributed by atoms with Gasteiger partial charge in [0.1, 0.15) is 0 Å². The molecule has 1 heterocycles. The predicted molar refractivity (Wildman–Crippen MR) is 90.5 cm³/mol. The van der Waals surface area contributed by atoms with Gasteiger partial charge in [0.05, 0.1) is 6.42 Å². The van der Waals surface area contributed by atoms with E-state index in [9.17, 15) is 4.79 Å². The van der Waals surface area contributed by atoms with Crippen molar-refractivity contribution in [2.45, 2.75) is 24.5 Å². The Balaban J connectivity index is 1.88. The molecule has 23 heavy (non-hydrogen) atoms. The van der Waals surface area contributed by atoms with E-state index in [1.807, 2.05) is 30.3 Å². The van der Waals surface area contributed by atoms with Crippen LogP contribution >= 0.6 is 12.6 Å². The predicted octanol–water partition coefficient (Wildman–Crippen LogP) is 3.32. The highest BCUT2D eigenvalue weighted by Crippen LogP contribution is 2.36. The van der Waals surface area contributed by atoms with Gasteiger partial charge in [0, 0.05) is 5.25 Å². The fourth-order valence-corrected chi connectivity index (χ4v) is 3.08. The Morgan fingerprint density at radius 2 is 1.78 bits per heavy atom. The third-order valence-electron chi connectivity index (χ3n) is 3.80. The summed E-state index contributed by atoms with van der Waals surface area (Å²) in [5.74, 6) is 0.622. The summed E-state index contributed by atoms with van der Waals surface area (Å²) < 4.78 is 10.9. The van der Waals surface area contributed by atoms with Crippen molar-refractivity contribution in [1.29, 1.82) is 0 Å². The van der Waals surface area contributed by atoms with Gasteiger partial charge in [0.25, 0.3) is 0 Å². The van der Waals surface area contributed by atoms with Crippen molar-refractivity contribution in [1.82, 2.24) is 0 Å². The van der Waals surface area contributed by atoms with Gasteiger partial charge in [-0.25, -0.2) is 0 Å². The molecule has 0 saturated heterocycles. The maximum Gasteiger partial charge on any atom is 0.304 e. The largest absolute Gasteiger partial charge is 0.481 e. The summed E-state index contributed by atoms with van der Waals surface area (Å²) in [6.07, 6.45) is 1.37. The van der Waals surface area contributed by atoms with E-state index < -0.39 is 5.97 Å². The molecule has 0 aliphatic carbocycles. The summed E-state index contributed by atoms with van der Waals surface area (Å²) in [4.78, 5) is 10.9. The first kappa shape index (κ1) is 15.7. The van der Waals surface area contributed by atoms with E-state index in [0.29, 0.717) is 12.2 Å². The Kier molecular flexibility index (Phi) is 4.76. The first-order chi connectivity index (χ1) is 11.1. The number of aliphatic carboxylic acids is 1. The highest BCUT2D eigenvalue weighted by atomic mass is 32.1. The van der Waals surface area contributed by atoms with E-state index in [-0.39, 0.29) is 18.5 Å². The lowest BCUT2D eigenvalue weighted by atomic mass is 9.95. The molecule has 120 valence electrons. The smallest absolute Gasteiger partial charge is 0.304 e. The normalized spacial score (nSPS) is 13.8. The van der Waals surface area contributed by atoms with Gasteiger partial charge in [0.15, 0.2) is 11.5 Å². The molecule has 0 aromatic heterocycles. The van der Waals surface area contributed by atoms with Crippen LogP contribution in [0.25, 0.3) is 0 Å². The number of carbonyl (C=O) groups is 1. The molecule has 0 amide bonds. The molecule has 0 saturated carbocycles. The molecule has 2 aromatic carbocycles. The van der Waals surface area contributed by atoms with Gasteiger partial charge in [-0.2, -0.15) is 12.6 Å². The zero-order valence-electron chi connectivity index (χ0n) is 12.6. The molecule has 1 N–H and O–H groups in total. The third-order valence-corrected chi connectivity index (χ3v) is 4.16. The first-order valence-electron chi connectivity index (χ1n) is 7.47. The van der Waals surface area contributed by atoms with Gasteiger partial charge in [-0.1, -0.05) is 30.3 Å². The summed E-state index contributed by atoms with van der Waals surface area (Å²) in [6.45, 7) is 0.225. The van der Waals surface area contributed by atoms with Crippen molar-refractivity contribution in [2.24, 2.45) is 0 Å². The van der Waals surface area contributed by atoms with Crippen molar-refractivity contribution in [3.63, 3.8) is 0 Å². The van der Waals surface area contributed by atoms with E-state index in [1.54, 1.807) is 0 Å². The lowest BCUT2D eigenvalue weighted by Crippen LogP contribution is -2.11. The van der Waals surface area contributed by atoms with Crippen molar-refractivity contribution >= 4 is 18.6 Å². The number of hydrogen-bond donors (Lipinski definition) is 2. The molecule has 0 spiro atoms. The average molecular weight is 330 g/mol. The Labute approximate surface area is 140 Å². The number of rotatable bonds is 6. The third kappa shape index (κ3) is 3.99. The summed E-state index contributed by atoms with van der Waals surface area (Å²) in [6, 6.07) is 14.1. The topological polar surface area (TPSA) is 55.8 Å². The lowest BCUT2D eigenvalue weighted by molar-refractivity contribution is -0.136. The van der Waals surface area contributed by atoms with Crippen molar-refractivity contribution in [3.05, 3.63) is 59.2 Å². The second kappa shape index (κ2) is 6.96. The number of carboxylic acid groups (broad SMARTS) is 1. The Morgan fingerprint density at radius 3 is 2.43 bits per heavy atom. The quantitative estimate of drug-likeness (QED) is 0.798. The van der Waals surface area contributed by atoms with E-state index >= 15 is 0 Å². The molecule has 2 aromatic rings. The Hall–Kier alpha value is -2.14. The minimum absolute atomic E-state index is 0.0301. The van der Waals surface area contributed by atoms with Crippen LogP contribution in [-0.4, -0.2) is 23.1 Å². The van der Waals surface area contributed by atoms with E-state index in [4.69, 9.17) is 14.6 Å². The van der Waals surface area contributed by atoms with E-state index in [0.717, 1.165) is 23.3 Å². The van der Waals surface area contributed by atoms with Crippen molar-refractivity contribution in [2.75, 3.05) is 6.79 Å². The maximum absolute atomic E-state index is 10.9. The number of carboxylic acids is 1. The van der Waals surface area contributed by atoms with Crippen LogP contribution in [0.1, 0.15) is 23.1 Å². The van der Waals surface area contributed by atoms with Crippen molar-refractivity contribution < 1.29 is 19.4 Å². The number of benzene rings is 2. The summed E-state index contributed by atoms with van der Waals surface area (Å²) >= 11 is 4.41. The van der Waals surface area contributed by atoms with Crippen LogP contribution in [0.5, 0.6) is 11.5 Å². The van der Waals surface area contributed by atoms with Crippen LogP contribution < -0.4 is 9.47 Å². The van der Waals surface area contributed by atoms with Crippen LogP contribution in [0.4, 0.5) is 0 Å². The molecule has 1 aliphatic rings. The van der Waals surface area contributed by atoms with Gasteiger partial charge in [-0.05, 0) is 41.7 Å². The number of hydrogen-bond acceptors (Lipinski definition) is 4. The zero-order valence-corrected chi connectivity index (χ0v) is 13.5.